The molecule has 4 aliphatic rings. The second-order valence-corrected chi connectivity index (χ2v) is 19.3. The van der Waals surface area contributed by atoms with Crippen LogP contribution in [-0.4, -0.2) is 74.8 Å². The molecule has 9 nitrogen and oxygen atoms in total. The van der Waals surface area contributed by atoms with Crippen LogP contribution in [0.3, 0.4) is 0 Å². The first-order chi connectivity index (χ1) is 23.6. The summed E-state index contributed by atoms with van der Waals surface area (Å²) in [6, 6.07) is 23.9. The Balaban J connectivity index is 1.27. The molecule has 3 fully saturated rings. The highest BCUT2D eigenvalue weighted by Gasteiger charge is 2.66. The molecule has 5 atom stereocenters. The lowest BCUT2D eigenvalue weighted by molar-refractivity contribution is -0.150. The molecule has 0 radical (unpaired) electrons. The average molecular weight is 682 g/mol. The van der Waals surface area contributed by atoms with Crippen molar-refractivity contribution in [1.29, 1.82) is 0 Å². The standard InChI is InChI=1S/C39H47N3O6Si/c1-26-37(49(3,4)31-18-16-30(47-2)17-19-31)34(23-36(45)41-20-8-12-29(41)25-43)48-39(26)32-13-5-6-14-33(32)42(38(39)46)24-27-10-7-11-28(22-27)40-21-9-15-35(40)44/h5-7,10-11,13-14,16-19,22,26,29,34,37,43H,8-9,12,15,20-21,23-25H2,1-4H3/t26-,29+,34+,37-,39+/m1/s1. The van der Waals surface area contributed by atoms with Crippen LogP contribution in [0.25, 0.3) is 0 Å². The summed E-state index contributed by atoms with van der Waals surface area (Å²) in [6.45, 7) is 8.38. The molecule has 258 valence electrons. The maximum Gasteiger partial charge on any atom is 0.264 e. The first kappa shape index (κ1) is 33.5. The van der Waals surface area contributed by atoms with Crippen LogP contribution < -0.4 is 19.7 Å². The first-order valence-corrected chi connectivity index (χ1v) is 20.7. The Kier molecular flexibility index (Phi) is 8.92. The van der Waals surface area contributed by atoms with Gasteiger partial charge in [0, 0.05) is 36.7 Å². The number of nitrogens with zero attached hydrogens (tertiary/aromatic N) is 3. The van der Waals surface area contributed by atoms with E-state index in [0.717, 1.165) is 47.5 Å². The normalized spacial score (nSPS) is 26.7. The molecule has 3 saturated heterocycles. The maximum atomic E-state index is 15.1. The fourth-order valence-electron chi connectivity index (χ4n) is 9.19. The number of methoxy groups -OCH3 is 1. The number of para-hydroxylation sites is 1. The number of hydrogen-bond acceptors (Lipinski definition) is 6. The SMILES string of the molecule is COc1ccc([Si](C)(C)[C@H]2[C@H](CC(=O)N3CCC[C@H]3CO)O[C@@]3(C(=O)N(Cc4cccc(N5CCCC5=O)c4)c4ccccc43)[C@@H]2C)cc1. The van der Waals surface area contributed by atoms with Crippen molar-refractivity contribution in [3.05, 3.63) is 83.9 Å². The highest BCUT2D eigenvalue weighted by molar-refractivity contribution is 6.91. The Bertz CT molecular complexity index is 1750. The number of hydrogen-bond donors (Lipinski definition) is 1. The van der Waals surface area contributed by atoms with Crippen LogP contribution in [0.1, 0.15) is 50.2 Å². The minimum absolute atomic E-state index is 0.0285. The third-order valence-corrected chi connectivity index (χ3v) is 16.0. The quantitative estimate of drug-likeness (QED) is 0.321. The van der Waals surface area contributed by atoms with E-state index >= 15 is 4.79 Å². The molecule has 3 aromatic carbocycles. The Morgan fingerprint density at radius 2 is 1.80 bits per heavy atom. The predicted molar refractivity (Wildman–Crippen MR) is 192 cm³/mol. The molecule has 4 heterocycles. The number of aliphatic hydroxyl groups is 1. The molecule has 10 heteroatoms. The molecule has 3 amide bonds. The number of likely N-dealkylation sites (tertiary alicyclic amines) is 1. The highest BCUT2D eigenvalue weighted by atomic mass is 28.3. The molecule has 1 N–H and O–H groups in total. The van der Waals surface area contributed by atoms with Gasteiger partial charge < -0.3 is 29.3 Å². The van der Waals surface area contributed by atoms with Crippen molar-refractivity contribution >= 4 is 42.4 Å². The van der Waals surface area contributed by atoms with E-state index in [4.69, 9.17) is 9.47 Å². The van der Waals surface area contributed by atoms with Gasteiger partial charge in [0.15, 0.2) is 5.60 Å². The lowest BCUT2D eigenvalue weighted by atomic mass is 9.82. The first-order valence-electron chi connectivity index (χ1n) is 17.6. The highest BCUT2D eigenvalue weighted by Crippen LogP contribution is 2.60. The molecule has 4 aliphatic heterocycles. The molecule has 0 aromatic heterocycles. The van der Waals surface area contributed by atoms with Crippen molar-refractivity contribution in [1.82, 2.24) is 4.90 Å². The van der Waals surface area contributed by atoms with Crippen molar-refractivity contribution in [2.45, 2.75) is 82.0 Å². The van der Waals surface area contributed by atoms with Crippen LogP contribution in [0.2, 0.25) is 18.6 Å². The Morgan fingerprint density at radius 1 is 1.02 bits per heavy atom. The molecular weight excluding hydrogens is 635 g/mol. The van der Waals surface area contributed by atoms with Crippen LogP contribution in [0.15, 0.2) is 72.8 Å². The van der Waals surface area contributed by atoms with E-state index in [2.05, 4.69) is 32.2 Å². The monoisotopic (exact) mass is 681 g/mol. The van der Waals surface area contributed by atoms with Gasteiger partial charge in [0.05, 0.1) is 52.6 Å². The van der Waals surface area contributed by atoms with Gasteiger partial charge in [-0.25, -0.2) is 0 Å². The molecule has 0 aliphatic carbocycles. The molecule has 1 spiro atoms. The number of ether oxygens (including phenoxy) is 2. The van der Waals surface area contributed by atoms with Gasteiger partial charge in [-0.2, -0.15) is 0 Å². The summed E-state index contributed by atoms with van der Waals surface area (Å²) in [5, 5.41) is 11.2. The number of carbonyl (C=O) groups excluding carboxylic acids is 3. The van der Waals surface area contributed by atoms with Crippen molar-refractivity contribution in [3.8, 4) is 5.75 Å². The summed E-state index contributed by atoms with van der Waals surface area (Å²) >= 11 is 0. The molecule has 0 bridgehead atoms. The van der Waals surface area contributed by atoms with Gasteiger partial charge in [0.25, 0.3) is 5.91 Å². The van der Waals surface area contributed by atoms with Gasteiger partial charge in [0.2, 0.25) is 11.8 Å². The fraction of sp³-hybridized carbons (Fsp3) is 0.462. The number of aliphatic hydroxyl groups excluding tert-OH is 1. The van der Waals surface area contributed by atoms with E-state index in [0.29, 0.717) is 26.1 Å². The summed E-state index contributed by atoms with van der Waals surface area (Å²) in [5.74, 6) is 0.539. The zero-order chi connectivity index (χ0) is 34.5. The summed E-state index contributed by atoms with van der Waals surface area (Å²) in [5.41, 5.74) is 2.12. The van der Waals surface area contributed by atoms with E-state index in [-0.39, 0.29) is 48.3 Å². The number of anilines is 2. The minimum Gasteiger partial charge on any atom is -0.497 e. The molecule has 0 saturated carbocycles. The summed E-state index contributed by atoms with van der Waals surface area (Å²) in [6.07, 6.45) is 2.72. The number of amides is 3. The molecule has 49 heavy (non-hydrogen) atoms. The van der Waals surface area contributed by atoms with Crippen LogP contribution >= 0.6 is 0 Å². The topological polar surface area (TPSA) is 99.6 Å². The number of carbonyl (C=O) groups is 3. The minimum atomic E-state index is -2.42. The molecule has 3 aromatic rings. The third-order valence-electron chi connectivity index (χ3n) is 11.7. The molecule has 7 rings (SSSR count). The van der Waals surface area contributed by atoms with Gasteiger partial charge in [-0.3, -0.25) is 14.4 Å². The predicted octanol–water partition coefficient (Wildman–Crippen LogP) is 4.96. The smallest absolute Gasteiger partial charge is 0.264 e. The van der Waals surface area contributed by atoms with Gasteiger partial charge in [-0.15, -0.1) is 0 Å². The zero-order valence-electron chi connectivity index (χ0n) is 28.9. The largest absolute Gasteiger partial charge is 0.497 e. The van der Waals surface area contributed by atoms with Gasteiger partial charge >= 0.3 is 0 Å². The number of benzene rings is 3. The Hall–Kier alpha value is -3.99. The lowest BCUT2D eigenvalue weighted by Gasteiger charge is -2.37. The lowest BCUT2D eigenvalue weighted by Crippen LogP contribution is -2.52. The zero-order valence-corrected chi connectivity index (χ0v) is 29.9. The van der Waals surface area contributed by atoms with Gasteiger partial charge in [-0.05, 0) is 60.7 Å². The van der Waals surface area contributed by atoms with Crippen LogP contribution in [-0.2, 0) is 31.3 Å². The van der Waals surface area contributed by atoms with Crippen LogP contribution in [0, 0.1) is 5.92 Å². The van der Waals surface area contributed by atoms with Crippen LogP contribution in [0.4, 0.5) is 11.4 Å². The second-order valence-electron chi connectivity index (χ2n) is 14.7. The van der Waals surface area contributed by atoms with Crippen molar-refractivity contribution in [3.63, 3.8) is 0 Å². The van der Waals surface area contributed by atoms with Crippen molar-refractivity contribution in [2.75, 3.05) is 36.6 Å². The average Bonchev–Trinajstić information content (AvgIpc) is 3.88. The van der Waals surface area contributed by atoms with E-state index in [1.165, 1.54) is 5.19 Å². The second kappa shape index (κ2) is 13.0. The summed E-state index contributed by atoms with van der Waals surface area (Å²) in [4.78, 5) is 47.1. The maximum absolute atomic E-state index is 15.1. The molecular formula is C39H47N3O6Si. The van der Waals surface area contributed by atoms with Gasteiger partial charge in [-0.1, -0.05) is 67.7 Å². The summed E-state index contributed by atoms with van der Waals surface area (Å²) in [7, 11) is -0.761. The van der Waals surface area contributed by atoms with Crippen molar-refractivity contribution < 1.29 is 29.0 Å². The number of fused-ring (bicyclic) bond motifs is 2. The number of rotatable bonds is 9. The van der Waals surface area contributed by atoms with E-state index < -0.39 is 19.8 Å². The van der Waals surface area contributed by atoms with E-state index in [1.807, 2.05) is 75.4 Å². The fourth-order valence-corrected chi connectivity index (χ4v) is 13.2. The van der Waals surface area contributed by atoms with Crippen LogP contribution in [0.5, 0.6) is 5.75 Å². The van der Waals surface area contributed by atoms with E-state index in [9.17, 15) is 14.7 Å². The van der Waals surface area contributed by atoms with Gasteiger partial charge in [0.1, 0.15) is 5.75 Å². The summed E-state index contributed by atoms with van der Waals surface area (Å²) < 4.78 is 12.6. The van der Waals surface area contributed by atoms with Crippen molar-refractivity contribution in [2.24, 2.45) is 5.92 Å². The van der Waals surface area contributed by atoms with E-state index in [1.54, 1.807) is 7.11 Å². The molecule has 0 unspecified atom stereocenters. The Morgan fingerprint density at radius 3 is 2.51 bits per heavy atom. The Labute approximate surface area is 289 Å². The third kappa shape index (κ3) is 5.58.